The van der Waals surface area contributed by atoms with Crippen molar-refractivity contribution >= 4 is 61.4 Å². The Bertz CT molecular complexity index is 941. The van der Waals surface area contributed by atoms with Crippen LogP contribution < -0.4 is 10.2 Å². The van der Waals surface area contributed by atoms with Gasteiger partial charge < -0.3 is 4.74 Å². The number of aromatic nitrogens is 1. The molecule has 1 aromatic heterocycles. The van der Waals surface area contributed by atoms with E-state index in [1.807, 2.05) is 56.3 Å². The minimum Gasteiger partial charge on any atom is -0.493 e. The van der Waals surface area contributed by atoms with Crippen molar-refractivity contribution in [2.45, 2.75) is 23.4 Å². The Morgan fingerprint density at radius 3 is 3.00 bits per heavy atom. The summed E-state index contributed by atoms with van der Waals surface area (Å²) in [5.41, 5.74) is 4.33. The Labute approximate surface area is 174 Å². The van der Waals surface area contributed by atoms with Crippen molar-refractivity contribution in [2.24, 2.45) is 5.10 Å². The van der Waals surface area contributed by atoms with E-state index in [9.17, 15) is 4.79 Å². The standard InChI is InChI=1S/C19H18BrN3O2S2/c1-3-25-16-9-8-14(20)10-13(16)11-21-23-18(24)12(2)26-19-22-15-6-4-5-7-17(15)27-19/h4-12H,3H2,1-2H3,(H,23,24)/b21-11-/t12-/m0/s1. The molecule has 0 spiro atoms. The van der Waals surface area contributed by atoms with Crippen LogP contribution in [0.1, 0.15) is 19.4 Å². The van der Waals surface area contributed by atoms with E-state index in [1.54, 1.807) is 17.6 Å². The third kappa shape index (κ3) is 5.31. The quantitative estimate of drug-likeness (QED) is 0.301. The lowest BCUT2D eigenvalue weighted by Gasteiger charge is -2.08. The van der Waals surface area contributed by atoms with Crippen molar-refractivity contribution in [3.63, 3.8) is 0 Å². The molecule has 1 atom stereocenters. The largest absolute Gasteiger partial charge is 0.493 e. The summed E-state index contributed by atoms with van der Waals surface area (Å²) in [4.78, 5) is 16.9. The van der Waals surface area contributed by atoms with E-state index in [0.29, 0.717) is 6.61 Å². The van der Waals surface area contributed by atoms with E-state index in [1.165, 1.54) is 11.8 Å². The maximum atomic E-state index is 12.3. The Hall–Kier alpha value is -1.90. The third-order valence-electron chi connectivity index (χ3n) is 3.57. The molecule has 0 unspecified atom stereocenters. The van der Waals surface area contributed by atoms with Gasteiger partial charge in [-0.25, -0.2) is 10.4 Å². The number of carbonyl (C=O) groups is 1. The number of halogens is 1. The normalized spacial score (nSPS) is 12.4. The van der Waals surface area contributed by atoms with Crippen LogP contribution in [0.5, 0.6) is 5.75 Å². The number of fused-ring (bicyclic) bond motifs is 1. The fraction of sp³-hybridized carbons (Fsp3) is 0.211. The Morgan fingerprint density at radius 2 is 2.22 bits per heavy atom. The van der Waals surface area contributed by atoms with Crippen molar-refractivity contribution in [3.8, 4) is 5.75 Å². The molecule has 0 aliphatic heterocycles. The van der Waals surface area contributed by atoms with E-state index in [2.05, 4.69) is 31.4 Å². The highest BCUT2D eigenvalue weighted by Gasteiger charge is 2.16. The minimum atomic E-state index is -0.309. The molecule has 3 rings (SSSR count). The van der Waals surface area contributed by atoms with Crippen LogP contribution in [0, 0.1) is 0 Å². The molecule has 5 nitrogen and oxygen atoms in total. The summed E-state index contributed by atoms with van der Waals surface area (Å²) in [6.45, 7) is 4.32. The summed E-state index contributed by atoms with van der Waals surface area (Å²) in [7, 11) is 0. The molecule has 140 valence electrons. The molecular formula is C19H18BrN3O2S2. The average molecular weight is 464 g/mol. The number of thiazole rings is 1. The van der Waals surface area contributed by atoms with Gasteiger partial charge in [-0.15, -0.1) is 11.3 Å². The topological polar surface area (TPSA) is 63.6 Å². The number of rotatable bonds is 7. The van der Waals surface area contributed by atoms with Gasteiger partial charge >= 0.3 is 0 Å². The van der Waals surface area contributed by atoms with Crippen LogP contribution >= 0.6 is 39.0 Å². The zero-order valence-electron chi connectivity index (χ0n) is 14.8. The Morgan fingerprint density at radius 1 is 1.41 bits per heavy atom. The van der Waals surface area contributed by atoms with E-state index >= 15 is 0 Å². The van der Waals surface area contributed by atoms with Crippen molar-refractivity contribution in [1.82, 2.24) is 10.4 Å². The zero-order valence-corrected chi connectivity index (χ0v) is 18.0. The van der Waals surface area contributed by atoms with E-state index in [-0.39, 0.29) is 11.2 Å². The van der Waals surface area contributed by atoms with Crippen LogP contribution in [0.3, 0.4) is 0 Å². The summed E-state index contributed by atoms with van der Waals surface area (Å²) >= 11 is 6.44. The average Bonchev–Trinajstić information content (AvgIpc) is 3.06. The van der Waals surface area contributed by atoms with Gasteiger partial charge in [-0.3, -0.25) is 4.79 Å². The first-order valence-corrected chi connectivity index (χ1v) is 10.8. The summed E-state index contributed by atoms with van der Waals surface area (Å²) < 4.78 is 8.47. The lowest BCUT2D eigenvalue weighted by molar-refractivity contribution is -0.120. The van der Waals surface area contributed by atoms with Crippen molar-refractivity contribution in [1.29, 1.82) is 0 Å². The molecular weight excluding hydrogens is 446 g/mol. The molecule has 1 heterocycles. The van der Waals surface area contributed by atoms with Gasteiger partial charge in [-0.2, -0.15) is 5.10 Å². The maximum absolute atomic E-state index is 12.3. The molecule has 1 amide bonds. The fourth-order valence-corrected chi connectivity index (χ4v) is 4.85. The zero-order chi connectivity index (χ0) is 19.2. The summed E-state index contributed by atoms with van der Waals surface area (Å²) in [6.07, 6.45) is 1.59. The number of nitrogens with zero attached hydrogens (tertiary/aromatic N) is 2. The molecule has 0 bridgehead atoms. The highest BCUT2D eigenvalue weighted by atomic mass is 79.9. The molecule has 2 aromatic carbocycles. The molecule has 1 N–H and O–H groups in total. The number of ether oxygens (including phenoxy) is 1. The van der Waals surface area contributed by atoms with Crippen molar-refractivity contribution in [3.05, 3.63) is 52.5 Å². The summed E-state index contributed by atoms with van der Waals surface area (Å²) in [5, 5.41) is 3.77. The molecule has 0 saturated heterocycles. The molecule has 3 aromatic rings. The molecule has 0 saturated carbocycles. The number of amides is 1. The molecule has 27 heavy (non-hydrogen) atoms. The van der Waals surface area contributed by atoms with Crippen molar-refractivity contribution < 1.29 is 9.53 Å². The van der Waals surface area contributed by atoms with Gasteiger partial charge in [0.05, 0.1) is 28.3 Å². The summed E-state index contributed by atoms with van der Waals surface area (Å²) in [6, 6.07) is 13.6. The predicted octanol–water partition coefficient (Wildman–Crippen LogP) is 5.09. The van der Waals surface area contributed by atoms with Gasteiger partial charge in [0.15, 0.2) is 4.34 Å². The predicted molar refractivity (Wildman–Crippen MR) is 116 cm³/mol. The van der Waals surface area contributed by atoms with Crippen LogP contribution in [0.25, 0.3) is 10.2 Å². The number of hydrogen-bond acceptors (Lipinski definition) is 6. The number of thioether (sulfide) groups is 1. The number of benzene rings is 2. The minimum absolute atomic E-state index is 0.177. The maximum Gasteiger partial charge on any atom is 0.253 e. The smallest absolute Gasteiger partial charge is 0.253 e. The van der Waals surface area contributed by atoms with Crippen molar-refractivity contribution in [2.75, 3.05) is 6.61 Å². The van der Waals surface area contributed by atoms with Gasteiger partial charge in [-0.1, -0.05) is 39.8 Å². The first-order chi connectivity index (χ1) is 13.1. The molecule has 0 radical (unpaired) electrons. The third-order valence-corrected chi connectivity index (χ3v) is 6.29. The van der Waals surface area contributed by atoms with E-state index < -0.39 is 0 Å². The number of para-hydroxylation sites is 1. The number of carbonyl (C=O) groups excluding carboxylic acids is 1. The fourth-order valence-electron chi connectivity index (χ4n) is 2.27. The van der Waals surface area contributed by atoms with Crippen LogP contribution in [-0.2, 0) is 4.79 Å². The van der Waals surface area contributed by atoms with E-state index in [4.69, 9.17) is 4.74 Å². The monoisotopic (exact) mass is 463 g/mol. The van der Waals surface area contributed by atoms with Gasteiger partial charge in [0.1, 0.15) is 5.75 Å². The second-order valence-electron chi connectivity index (χ2n) is 5.56. The lowest BCUT2D eigenvalue weighted by Crippen LogP contribution is -2.26. The highest BCUT2D eigenvalue weighted by molar-refractivity contribution is 9.10. The molecule has 0 fully saturated rings. The second-order valence-corrected chi connectivity index (χ2v) is 9.09. The molecule has 8 heteroatoms. The molecule has 0 aliphatic carbocycles. The highest BCUT2D eigenvalue weighted by Crippen LogP contribution is 2.31. The number of nitrogens with one attached hydrogen (secondary N) is 1. The Kier molecular flexibility index (Phi) is 6.87. The van der Waals surface area contributed by atoms with Crippen LogP contribution in [0.2, 0.25) is 0 Å². The van der Waals surface area contributed by atoms with Gasteiger partial charge in [-0.05, 0) is 44.2 Å². The van der Waals surface area contributed by atoms with Gasteiger partial charge in [0.25, 0.3) is 5.91 Å². The second kappa shape index (κ2) is 9.34. The van der Waals surface area contributed by atoms with E-state index in [0.717, 1.165) is 30.3 Å². The molecule has 0 aliphatic rings. The lowest BCUT2D eigenvalue weighted by atomic mass is 10.2. The Balaban J connectivity index is 1.61. The SMILES string of the molecule is CCOc1ccc(Br)cc1/C=N\NC(=O)[C@H](C)Sc1nc2ccccc2s1. The summed E-state index contributed by atoms with van der Waals surface area (Å²) in [5.74, 6) is 0.541. The first kappa shape index (κ1) is 19.9. The van der Waals surface area contributed by atoms with Crippen LogP contribution in [-0.4, -0.2) is 29.0 Å². The first-order valence-electron chi connectivity index (χ1n) is 8.34. The van der Waals surface area contributed by atoms with Crippen LogP contribution in [0.4, 0.5) is 0 Å². The van der Waals surface area contributed by atoms with Crippen LogP contribution in [0.15, 0.2) is 56.4 Å². The number of hydrogen-bond donors (Lipinski definition) is 1. The number of hydrazone groups is 1. The van der Waals surface area contributed by atoms with Gasteiger partial charge in [0.2, 0.25) is 0 Å². The van der Waals surface area contributed by atoms with Gasteiger partial charge in [0, 0.05) is 10.0 Å².